The van der Waals surface area contributed by atoms with Crippen LogP contribution < -0.4 is 5.32 Å². The SMILES string of the molecule is CC.CCCC1CCC(NC)CC1. The van der Waals surface area contributed by atoms with Gasteiger partial charge in [-0.2, -0.15) is 0 Å². The second kappa shape index (κ2) is 8.55. The molecule has 0 aromatic carbocycles. The molecule has 1 aliphatic carbocycles. The Bertz CT molecular complexity index is 93.3. The highest BCUT2D eigenvalue weighted by atomic mass is 14.9. The molecule has 0 radical (unpaired) electrons. The summed E-state index contributed by atoms with van der Waals surface area (Å²) in [5, 5.41) is 3.37. The van der Waals surface area contributed by atoms with Crippen LogP contribution in [0.15, 0.2) is 0 Å². The molecule has 0 aliphatic heterocycles. The normalized spacial score (nSPS) is 27.7. The Labute approximate surface area is 84.3 Å². The number of hydrogen-bond acceptors (Lipinski definition) is 1. The van der Waals surface area contributed by atoms with Crippen LogP contribution in [-0.2, 0) is 0 Å². The number of nitrogens with one attached hydrogen (secondary N) is 1. The van der Waals surface area contributed by atoms with Crippen LogP contribution in [0.2, 0.25) is 0 Å². The summed E-state index contributed by atoms with van der Waals surface area (Å²) in [7, 11) is 2.09. The van der Waals surface area contributed by atoms with Crippen molar-refractivity contribution in [2.75, 3.05) is 7.05 Å². The molecule has 0 aromatic heterocycles. The lowest BCUT2D eigenvalue weighted by Crippen LogP contribution is -2.30. The molecule has 1 aliphatic rings. The Morgan fingerprint density at radius 1 is 1.08 bits per heavy atom. The van der Waals surface area contributed by atoms with Gasteiger partial charge in [-0.05, 0) is 38.6 Å². The van der Waals surface area contributed by atoms with E-state index >= 15 is 0 Å². The summed E-state index contributed by atoms with van der Waals surface area (Å²) >= 11 is 0. The van der Waals surface area contributed by atoms with Gasteiger partial charge < -0.3 is 5.32 Å². The van der Waals surface area contributed by atoms with Gasteiger partial charge in [0, 0.05) is 6.04 Å². The summed E-state index contributed by atoms with van der Waals surface area (Å²) in [5.74, 6) is 1.05. The van der Waals surface area contributed by atoms with Gasteiger partial charge >= 0.3 is 0 Å². The lowest BCUT2D eigenvalue weighted by Gasteiger charge is -2.27. The first-order chi connectivity index (χ1) is 6.36. The molecule has 1 nitrogen and oxygen atoms in total. The molecule has 0 amide bonds. The second-order valence-electron chi connectivity index (χ2n) is 3.79. The van der Waals surface area contributed by atoms with Gasteiger partial charge in [-0.3, -0.25) is 0 Å². The van der Waals surface area contributed by atoms with E-state index in [0.29, 0.717) is 0 Å². The van der Waals surface area contributed by atoms with Crippen LogP contribution >= 0.6 is 0 Å². The predicted octanol–water partition coefficient (Wildman–Crippen LogP) is 3.59. The summed E-state index contributed by atoms with van der Waals surface area (Å²) in [6.07, 6.45) is 8.55. The van der Waals surface area contributed by atoms with Crippen molar-refractivity contribution >= 4 is 0 Å². The molecule has 0 unspecified atom stereocenters. The maximum Gasteiger partial charge on any atom is 0.00642 e. The van der Waals surface area contributed by atoms with Crippen molar-refractivity contribution in [2.24, 2.45) is 5.92 Å². The predicted molar refractivity (Wildman–Crippen MR) is 61.1 cm³/mol. The molecule has 80 valence electrons. The summed E-state index contributed by atoms with van der Waals surface area (Å²) in [5.41, 5.74) is 0. The average molecular weight is 185 g/mol. The molecular weight excluding hydrogens is 158 g/mol. The molecule has 0 bridgehead atoms. The standard InChI is InChI=1S/C10H21N.C2H6/c1-3-4-9-5-7-10(11-2)8-6-9;1-2/h9-11H,3-8H2,1-2H3;1-2H3. The molecule has 0 atom stereocenters. The molecule has 1 heteroatoms. The maximum atomic E-state index is 3.37. The summed E-state index contributed by atoms with van der Waals surface area (Å²) in [4.78, 5) is 0. The fraction of sp³-hybridized carbons (Fsp3) is 1.00. The van der Waals surface area contributed by atoms with Gasteiger partial charge in [-0.15, -0.1) is 0 Å². The molecular formula is C12H27N. The zero-order chi connectivity index (χ0) is 10.1. The van der Waals surface area contributed by atoms with Crippen LogP contribution in [0, 0.1) is 5.92 Å². The summed E-state index contributed by atoms with van der Waals surface area (Å²) in [6, 6.07) is 0.822. The minimum absolute atomic E-state index is 0.822. The molecule has 13 heavy (non-hydrogen) atoms. The van der Waals surface area contributed by atoms with Gasteiger partial charge in [0.05, 0.1) is 0 Å². The van der Waals surface area contributed by atoms with E-state index in [0.717, 1.165) is 12.0 Å². The highest BCUT2D eigenvalue weighted by molar-refractivity contribution is 4.75. The van der Waals surface area contributed by atoms with Crippen molar-refractivity contribution in [2.45, 2.75) is 65.3 Å². The van der Waals surface area contributed by atoms with E-state index < -0.39 is 0 Å². The van der Waals surface area contributed by atoms with E-state index in [1.54, 1.807) is 0 Å². The van der Waals surface area contributed by atoms with Crippen molar-refractivity contribution in [3.05, 3.63) is 0 Å². The Balaban J connectivity index is 0.000000671. The van der Waals surface area contributed by atoms with Crippen LogP contribution in [0.4, 0.5) is 0 Å². The van der Waals surface area contributed by atoms with Crippen molar-refractivity contribution in [3.63, 3.8) is 0 Å². The number of hydrogen-bond donors (Lipinski definition) is 1. The van der Waals surface area contributed by atoms with E-state index in [1.165, 1.54) is 38.5 Å². The van der Waals surface area contributed by atoms with Crippen molar-refractivity contribution in [3.8, 4) is 0 Å². The van der Waals surface area contributed by atoms with Crippen LogP contribution in [0.1, 0.15) is 59.3 Å². The highest BCUT2D eigenvalue weighted by Crippen LogP contribution is 2.27. The molecule has 1 fully saturated rings. The maximum absolute atomic E-state index is 3.37. The van der Waals surface area contributed by atoms with Gasteiger partial charge in [0.15, 0.2) is 0 Å². The highest BCUT2D eigenvalue weighted by Gasteiger charge is 2.18. The third kappa shape index (κ3) is 5.30. The smallest absolute Gasteiger partial charge is 0.00642 e. The Hall–Kier alpha value is -0.0400. The van der Waals surface area contributed by atoms with Gasteiger partial charge in [-0.1, -0.05) is 33.6 Å². The molecule has 0 heterocycles. The van der Waals surface area contributed by atoms with Crippen molar-refractivity contribution in [1.29, 1.82) is 0 Å². The molecule has 0 spiro atoms. The molecule has 0 saturated heterocycles. The van der Waals surface area contributed by atoms with Crippen LogP contribution in [-0.4, -0.2) is 13.1 Å². The Morgan fingerprint density at radius 3 is 2.00 bits per heavy atom. The minimum atomic E-state index is 0.822. The monoisotopic (exact) mass is 185 g/mol. The average Bonchev–Trinajstić information content (AvgIpc) is 2.23. The molecule has 1 saturated carbocycles. The van der Waals surface area contributed by atoms with Gasteiger partial charge in [0.1, 0.15) is 0 Å². The Kier molecular flexibility index (Phi) is 8.53. The zero-order valence-corrected chi connectivity index (χ0v) is 9.90. The third-order valence-electron chi connectivity index (χ3n) is 2.95. The van der Waals surface area contributed by atoms with E-state index in [4.69, 9.17) is 0 Å². The van der Waals surface area contributed by atoms with Crippen LogP contribution in [0.5, 0.6) is 0 Å². The Morgan fingerprint density at radius 2 is 1.62 bits per heavy atom. The first-order valence-corrected chi connectivity index (χ1v) is 6.04. The van der Waals surface area contributed by atoms with E-state index in [9.17, 15) is 0 Å². The second-order valence-corrected chi connectivity index (χ2v) is 3.79. The zero-order valence-electron chi connectivity index (χ0n) is 9.90. The quantitative estimate of drug-likeness (QED) is 0.708. The third-order valence-corrected chi connectivity index (χ3v) is 2.95. The van der Waals surface area contributed by atoms with Crippen molar-refractivity contribution in [1.82, 2.24) is 5.32 Å². The van der Waals surface area contributed by atoms with Gasteiger partial charge in [-0.25, -0.2) is 0 Å². The van der Waals surface area contributed by atoms with E-state index in [-0.39, 0.29) is 0 Å². The molecule has 1 rings (SSSR count). The topological polar surface area (TPSA) is 12.0 Å². The van der Waals surface area contributed by atoms with Crippen LogP contribution in [0.25, 0.3) is 0 Å². The van der Waals surface area contributed by atoms with Crippen LogP contribution in [0.3, 0.4) is 0 Å². The van der Waals surface area contributed by atoms with Crippen molar-refractivity contribution < 1.29 is 0 Å². The van der Waals surface area contributed by atoms with Gasteiger partial charge in [0.25, 0.3) is 0 Å². The molecule has 0 aromatic rings. The largest absolute Gasteiger partial charge is 0.317 e. The fourth-order valence-electron chi connectivity index (χ4n) is 2.15. The fourth-order valence-corrected chi connectivity index (χ4v) is 2.15. The van der Waals surface area contributed by atoms with E-state index in [1.807, 2.05) is 13.8 Å². The lowest BCUT2D eigenvalue weighted by molar-refractivity contribution is 0.287. The summed E-state index contributed by atoms with van der Waals surface area (Å²) in [6.45, 7) is 6.30. The first kappa shape index (κ1) is 13.0. The van der Waals surface area contributed by atoms with Gasteiger partial charge in [0.2, 0.25) is 0 Å². The summed E-state index contributed by atoms with van der Waals surface area (Å²) < 4.78 is 0. The van der Waals surface area contributed by atoms with E-state index in [2.05, 4.69) is 19.3 Å². The first-order valence-electron chi connectivity index (χ1n) is 6.04. The lowest BCUT2D eigenvalue weighted by atomic mass is 9.84. The number of rotatable bonds is 3. The molecule has 1 N–H and O–H groups in total. The minimum Gasteiger partial charge on any atom is -0.317 e.